The molecule has 1 aromatic heterocycles. The van der Waals surface area contributed by atoms with Crippen molar-refractivity contribution in [2.45, 2.75) is 32.7 Å². The Morgan fingerprint density at radius 1 is 1.56 bits per heavy atom. The molecule has 0 atom stereocenters. The maximum atomic E-state index is 11.3. The van der Waals surface area contributed by atoms with E-state index in [-0.39, 0.29) is 11.7 Å². The zero-order valence-corrected chi connectivity index (χ0v) is 10.8. The minimum absolute atomic E-state index is 0.271. The van der Waals surface area contributed by atoms with E-state index in [1.807, 2.05) is 6.07 Å². The second kappa shape index (κ2) is 6.02. The summed E-state index contributed by atoms with van der Waals surface area (Å²) < 4.78 is 5.47. The lowest BCUT2D eigenvalue weighted by atomic mass is 9.85. The molecule has 0 bridgehead atoms. The molecule has 3 N–H and O–H groups in total. The first kappa shape index (κ1) is 13.1. The highest BCUT2D eigenvalue weighted by atomic mass is 16.4. The van der Waals surface area contributed by atoms with Gasteiger partial charge in [-0.05, 0) is 37.4 Å². The van der Waals surface area contributed by atoms with Crippen LogP contribution in [0.4, 0.5) is 0 Å². The second-order valence-corrected chi connectivity index (χ2v) is 4.86. The van der Waals surface area contributed by atoms with Crippen molar-refractivity contribution in [2.24, 2.45) is 11.8 Å². The molecule has 5 heteroatoms. The molecule has 2 rings (SSSR count). The number of hydrogen-bond acceptors (Lipinski definition) is 4. The number of amides is 1. The molecule has 0 aromatic carbocycles. The topological polar surface area (TPSA) is 71.5 Å². The van der Waals surface area contributed by atoms with Crippen LogP contribution in [0, 0.1) is 5.92 Å². The van der Waals surface area contributed by atoms with Crippen molar-refractivity contribution in [2.75, 3.05) is 13.1 Å². The molecular weight excluding hydrogens is 230 g/mol. The van der Waals surface area contributed by atoms with Gasteiger partial charge in [0, 0.05) is 6.54 Å². The summed E-state index contributed by atoms with van der Waals surface area (Å²) in [5, 5.41) is 0. The van der Waals surface area contributed by atoms with Crippen molar-refractivity contribution in [3.05, 3.63) is 23.7 Å². The van der Waals surface area contributed by atoms with Gasteiger partial charge in [-0.25, -0.2) is 5.84 Å². The van der Waals surface area contributed by atoms with Crippen molar-refractivity contribution in [3.63, 3.8) is 0 Å². The second-order valence-electron chi connectivity index (χ2n) is 4.86. The SMILES string of the molecule is CCN(Cc1ccc(C(=O)NN)o1)CC1CCC1. The minimum atomic E-state index is -0.386. The molecule has 1 aliphatic rings. The van der Waals surface area contributed by atoms with Crippen molar-refractivity contribution < 1.29 is 9.21 Å². The van der Waals surface area contributed by atoms with E-state index in [0.717, 1.165) is 31.3 Å². The Hall–Kier alpha value is -1.33. The molecule has 100 valence electrons. The molecular formula is C13H21N3O2. The van der Waals surface area contributed by atoms with E-state index < -0.39 is 0 Å². The average Bonchev–Trinajstić information content (AvgIpc) is 2.79. The molecule has 0 radical (unpaired) electrons. The van der Waals surface area contributed by atoms with Crippen molar-refractivity contribution in [1.82, 2.24) is 10.3 Å². The van der Waals surface area contributed by atoms with E-state index in [4.69, 9.17) is 10.3 Å². The number of furan rings is 1. The molecule has 18 heavy (non-hydrogen) atoms. The van der Waals surface area contributed by atoms with E-state index >= 15 is 0 Å². The summed E-state index contributed by atoms with van der Waals surface area (Å²) in [6.45, 7) is 5.02. The van der Waals surface area contributed by atoms with E-state index in [1.165, 1.54) is 19.3 Å². The van der Waals surface area contributed by atoms with Crippen LogP contribution in [0.15, 0.2) is 16.5 Å². The number of rotatable bonds is 6. The summed E-state index contributed by atoms with van der Waals surface area (Å²) in [4.78, 5) is 13.6. The normalized spacial score (nSPS) is 15.7. The standard InChI is InChI=1S/C13H21N3O2/c1-2-16(8-10-4-3-5-10)9-11-6-7-12(18-11)13(17)15-14/h6-7,10H,2-5,8-9,14H2,1H3,(H,15,17). The predicted octanol–water partition coefficient (Wildman–Crippen LogP) is 1.51. The molecule has 1 heterocycles. The summed E-state index contributed by atoms with van der Waals surface area (Å²) >= 11 is 0. The van der Waals surface area contributed by atoms with Crippen LogP contribution in [0.5, 0.6) is 0 Å². The van der Waals surface area contributed by atoms with Crippen LogP contribution < -0.4 is 11.3 Å². The fourth-order valence-electron chi connectivity index (χ4n) is 2.22. The largest absolute Gasteiger partial charge is 0.455 e. The van der Waals surface area contributed by atoms with Crippen LogP contribution in [0.2, 0.25) is 0 Å². The third-order valence-electron chi connectivity index (χ3n) is 3.58. The number of nitrogens with one attached hydrogen (secondary N) is 1. The number of carbonyl (C=O) groups is 1. The van der Waals surface area contributed by atoms with Crippen LogP contribution in [0.3, 0.4) is 0 Å². The Morgan fingerprint density at radius 2 is 2.33 bits per heavy atom. The highest BCUT2D eigenvalue weighted by Crippen LogP contribution is 2.27. The molecule has 1 aromatic rings. The van der Waals surface area contributed by atoms with E-state index in [2.05, 4.69) is 17.2 Å². The van der Waals surface area contributed by atoms with E-state index in [9.17, 15) is 4.79 Å². The molecule has 0 spiro atoms. The minimum Gasteiger partial charge on any atom is -0.455 e. The first-order valence-electron chi connectivity index (χ1n) is 6.55. The van der Waals surface area contributed by atoms with Crippen LogP contribution in [-0.2, 0) is 6.54 Å². The third-order valence-corrected chi connectivity index (χ3v) is 3.58. The van der Waals surface area contributed by atoms with Gasteiger partial charge in [-0.1, -0.05) is 13.3 Å². The van der Waals surface area contributed by atoms with Gasteiger partial charge in [0.25, 0.3) is 0 Å². The maximum Gasteiger partial charge on any atom is 0.300 e. The van der Waals surface area contributed by atoms with E-state index in [1.54, 1.807) is 6.07 Å². The maximum absolute atomic E-state index is 11.3. The van der Waals surface area contributed by atoms with Gasteiger partial charge in [-0.3, -0.25) is 15.1 Å². The molecule has 0 saturated heterocycles. The van der Waals surface area contributed by atoms with Crippen LogP contribution in [0.1, 0.15) is 42.5 Å². The zero-order chi connectivity index (χ0) is 13.0. The number of carbonyl (C=O) groups excluding carboxylic acids is 1. The summed E-state index contributed by atoms with van der Waals surface area (Å²) in [6.07, 6.45) is 4.05. The Morgan fingerprint density at radius 3 is 2.89 bits per heavy atom. The van der Waals surface area contributed by atoms with Gasteiger partial charge < -0.3 is 4.42 Å². The molecule has 5 nitrogen and oxygen atoms in total. The van der Waals surface area contributed by atoms with Gasteiger partial charge in [-0.2, -0.15) is 0 Å². The lowest BCUT2D eigenvalue weighted by molar-refractivity contribution is 0.0920. The molecule has 0 unspecified atom stereocenters. The summed E-state index contributed by atoms with van der Waals surface area (Å²) in [5.74, 6) is 6.60. The fourth-order valence-corrected chi connectivity index (χ4v) is 2.22. The quantitative estimate of drug-likeness (QED) is 0.456. The molecule has 1 fully saturated rings. The van der Waals surface area contributed by atoms with Gasteiger partial charge in [0.15, 0.2) is 5.76 Å². The van der Waals surface area contributed by atoms with Crippen molar-refractivity contribution in [1.29, 1.82) is 0 Å². The predicted molar refractivity (Wildman–Crippen MR) is 68.7 cm³/mol. The smallest absolute Gasteiger partial charge is 0.300 e. The third kappa shape index (κ3) is 3.11. The van der Waals surface area contributed by atoms with Gasteiger partial charge >= 0.3 is 5.91 Å². The lowest BCUT2D eigenvalue weighted by Crippen LogP contribution is -2.32. The Labute approximate surface area is 107 Å². The highest BCUT2D eigenvalue weighted by molar-refractivity contribution is 5.90. The first-order valence-corrected chi connectivity index (χ1v) is 6.55. The average molecular weight is 251 g/mol. The van der Waals surface area contributed by atoms with Crippen LogP contribution >= 0.6 is 0 Å². The first-order chi connectivity index (χ1) is 8.72. The van der Waals surface area contributed by atoms with Gasteiger partial charge in [0.2, 0.25) is 0 Å². The van der Waals surface area contributed by atoms with Crippen LogP contribution in [-0.4, -0.2) is 23.9 Å². The molecule has 1 aliphatic carbocycles. The van der Waals surface area contributed by atoms with Gasteiger partial charge in [0.05, 0.1) is 6.54 Å². The highest BCUT2D eigenvalue weighted by Gasteiger charge is 2.20. The fraction of sp³-hybridized carbons (Fsp3) is 0.615. The van der Waals surface area contributed by atoms with Gasteiger partial charge in [0.1, 0.15) is 5.76 Å². The zero-order valence-electron chi connectivity index (χ0n) is 10.8. The van der Waals surface area contributed by atoms with Gasteiger partial charge in [-0.15, -0.1) is 0 Å². The lowest BCUT2D eigenvalue weighted by Gasteiger charge is -2.31. The summed E-state index contributed by atoms with van der Waals surface area (Å²) in [7, 11) is 0. The number of nitrogens with two attached hydrogens (primary N) is 1. The Kier molecular flexibility index (Phi) is 4.38. The number of nitrogen functional groups attached to an aromatic ring is 1. The summed E-state index contributed by atoms with van der Waals surface area (Å²) in [6, 6.07) is 3.50. The molecule has 1 saturated carbocycles. The Bertz CT molecular complexity index is 399. The van der Waals surface area contributed by atoms with Crippen LogP contribution in [0.25, 0.3) is 0 Å². The summed E-state index contributed by atoms with van der Waals surface area (Å²) in [5.41, 5.74) is 2.07. The Balaban J connectivity index is 1.89. The number of hydrogen-bond donors (Lipinski definition) is 2. The molecule has 0 aliphatic heterocycles. The number of nitrogens with zero attached hydrogens (tertiary/aromatic N) is 1. The van der Waals surface area contributed by atoms with E-state index in [0.29, 0.717) is 0 Å². The number of hydrazine groups is 1. The monoisotopic (exact) mass is 251 g/mol. The molecule has 1 amide bonds. The van der Waals surface area contributed by atoms with Crippen molar-refractivity contribution >= 4 is 5.91 Å². The van der Waals surface area contributed by atoms with Crippen molar-refractivity contribution in [3.8, 4) is 0 Å².